The zero-order chi connectivity index (χ0) is 10.9. The van der Waals surface area contributed by atoms with Gasteiger partial charge in [0.15, 0.2) is 0 Å². The van der Waals surface area contributed by atoms with Crippen molar-refractivity contribution in [3.63, 3.8) is 0 Å². The Morgan fingerprint density at radius 1 is 1.07 bits per heavy atom. The maximum Gasteiger partial charge on any atom is 0.0558 e. The van der Waals surface area contributed by atoms with Gasteiger partial charge in [-0.25, -0.2) is 0 Å². The Kier molecular flexibility index (Phi) is 6.92. The Labute approximate surface area is 93.2 Å². The van der Waals surface area contributed by atoms with Crippen molar-refractivity contribution in [2.45, 2.75) is 13.3 Å². The van der Waals surface area contributed by atoms with Crippen molar-refractivity contribution in [1.82, 2.24) is 15.1 Å². The Hall–Kier alpha value is -0.160. The van der Waals surface area contributed by atoms with Crippen LogP contribution in [0.25, 0.3) is 0 Å². The van der Waals surface area contributed by atoms with Crippen molar-refractivity contribution in [3.05, 3.63) is 0 Å². The van der Waals surface area contributed by atoms with Crippen LogP contribution in [0.3, 0.4) is 0 Å². The minimum absolute atomic E-state index is 0.292. The van der Waals surface area contributed by atoms with Crippen molar-refractivity contribution >= 4 is 0 Å². The van der Waals surface area contributed by atoms with Crippen molar-refractivity contribution in [2.75, 3.05) is 59.0 Å². The molecule has 0 unspecified atom stereocenters. The highest BCUT2D eigenvalue weighted by Gasteiger charge is 2.15. The molecule has 0 spiro atoms. The van der Waals surface area contributed by atoms with Gasteiger partial charge in [0, 0.05) is 32.7 Å². The lowest BCUT2D eigenvalue weighted by Crippen LogP contribution is -2.47. The first-order valence-corrected chi connectivity index (χ1v) is 6.13. The second-order valence-electron chi connectivity index (χ2n) is 4.11. The number of hydrogen-bond acceptors (Lipinski definition) is 4. The van der Waals surface area contributed by atoms with E-state index >= 15 is 0 Å². The Morgan fingerprint density at radius 3 is 2.20 bits per heavy atom. The van der Waals surface area contributed by atoms with Gasteiger partial charge in [0.2, 0.25) is 0 Å². The monoisotopic (exact) mass is 215 g/mol. The van der Waals surface area contributed by atoms with E-state index in [1.165, 1.54) is 13.0 Å². The second kappa shape index (κ2) is 8.05. The lowest BCUT2D eigenvalue weighted by atomic mass is 10.3. The second-order valence-corrected chi connectivity index (χ2v) is 4.11. The van der Waals surface area contributed by atoms with Crippen LogP contribution in [0.2, 0.25) is 0 Å². The highest BCUT2D eigenvalue weighted by Crippen LogP contribution is 2.01. The van der Waals surface area contributed by atoms with E-state index in [1.54, 1.807) is 0 Å². The molecule has 15 heavy (non-hydrogen) atoms. The standard InChI is InChI=1S/C11H25N3O/c1-2-12-4-3-5-13-6-8-14(9-7-13)10-11-15/h12,15H,2-11H2,1H3. The van der Waals surface area contributed by atoms with Gasteiger partial charge in [-0.2, -0.15) is 0 Å². The van der Waals surface area contributed by atoms with Gasteiger partial charge in [-0.1, -0.05) is 6.92 Å². The van der Waals surface area contributed by atoms with E-state index in [1.807, 2.05) is 0 Å². The molecule has 0 aromatic carbocycles. The van der Waals surface area contributed by atoms with E-state index in [9.17, 15) is 0 Å². The highest BCUT2D eigenvalue weighted by molar-refractivity contribution is 4.71. The van der Waals surface area contributed by atoms with Crippen LogP contribution in [0.1, 0.15) is 13.3 Å². The van der Waals surface area contributed by atoms with Crippen molar-refractivity contribution in [1.29, 1.82) is 0 Å². The Morgan fingerprint density at radius 2 is 1.67 bits per heavy atom. The summed E-state index contributed by atoms with van der Waals surface area (Å²) < 4.78 is 0. The SMILES string of the molecule is CCNCCCN1CCN(CCO)CC1. The largest absolute Gasteiger partial charge is 0.395 e. The maximum absolute atomic E-state index is 8.82. The number of rotatable bonds is 7. The molecule has 0 amide bonds. The van der Waals surface area contributed by atoms with Crippen molar-refractivity contribution in [3.8, 4) is 0 Å². The molecule has 0 aliphatic carbocycles. The van der Waals surface area contributed by atoms with Gasteiger partial charge in [0.25, 0.3) is 0 Å². The molecule has 0 atom stereocenters. The molecule has 1 fully saturated rings. The molecule has 0 aromatic heterocycles. The molecule has 4 heteroatoms. The summed E-state index contributed by atoms with van der Waals surface area (Å²) in [7, 11) is 0. The van der Waals surface area contributed by atoms with E-state index in [-0.39, 0.29) is 0 Å². The molecule has 90 valence electrons. The molecule has 2 N–H and O–H groups in total. The van der Waals surface area contributed by atoms with Gasteiger partial charge in [0.1, 0.15) is 0 Å². The summed E-state index contributed by atoms with van der Waals surface area (Å²) in [5.74, 6) is 0. The van der Waals surface area contributed by atoms with Crippen LogP contribution in [-0.2, 0) is 0 Å². The molecular weight excluding hydrogens is 190 g/mol. The predicted octanol–water partition coefficient (Wildman–Crippen LogP) is -0.404. The fourth-order valence-electron chi connectivity index (χ4n) is 1.98. The first-order valence-electron chi connectivity index (χ1n) is 6.13. The molecule has 1 aliphatic rings. The third-order valence-electron chi connectivity index (χ3n) is 2.96. The molecule has 0 aromatic rings. The number of aliphatic hydroxyl groups is 1. The number of aliphatic hydroxyl groups excluding tert-OH is 1. The fraction of sp³-hybridized carbons (Fsp3) is 1.00. The molecule has 0 radical (unpaired) electrons. The fourth-order valence-corrected chi connectivity index (χ4v) is 1.98. The first kappa shape index (κ1) is 12.9. The van der Waals surface area contributed by atoms with Gasteiger partial charge in [-0.15, -0.1) is 0 Å². The van der Waals surface area contributed by atoms with Crippen LogP contribution in [0.15, 0.2) is 0 Å². The van der Waals surface area contributed by atoms with E-state index in [2.05, 4.69) is 22.0 Å². The molecule has 1 heterocycles. The molecule has 0 bridgehead atoms. The quantitative estimate of drug-likeness (QED) is 0.567. The lowest BCUT2D eigenvalue weighted by molar-refractivity contribution is 0.112. The van der Waals surface area contributed by atoms with Crippen LogP contribution < -0.4 is 5.32 Å². The number of β-amino-alcohol motifs (C(OH)–C–C–N with tert-alkyl or cyclic N) is 1. The zero-order valence-corrected chi connectivity index (χ0v) is 9.91. The van der Waals surface area contributed by atoms with Crippen molar-refractivity contribution in [2.24, 2.45) is 0 Å². The molecule has 1 rings (SSSR count). The smallest absolute Gasteiger partial charge is 0.0558 e. The third-order valence-corrected chi connectivity index (χ3v) is 2.96. The van der Waals surface area contributed by atoms with Gasteiger partial charge in [0.05, 0.1) is 6.61 Å². The summed E-state index contributed by atoms with van der Waals surface area (Å²) in [5.41, 5.74) is 0. The van der Waals surface area contributed by atoms with Crippen LogP contribution in [0.5, 0.6) is 0 Å². The van der Waals surface area contributed by atoms with Crippen LogP contribution >= 0.6 is 0 Å². The average molecular weight is 215 g/mol. The van der Waals surface area contributed by atoms with E-state index in [0.717, 1.165) is 45.8 Å². The summed E-state index contributed by atoms with van der Waals surface area (Å²) in [6.07, 6.45) is 1.24. The van der Waals surface area contributed by atoms with Crippen LogP contribution in [0, 0.1) is 0 Å². The topological polar surface area (TPSA) is 38.7 Å². The van der Waals surface area contributed by atoms with E-state index < -0.39 is 0 Å². The van der Waals surface area contributed by atoms with Gasteiger partial charge >= 0.3 is 0 Å². The predicted molar refractivity (Wildman–Crippen MR) is 63.1 cm³/mol. The van der Waals surface area contributed by atoms with E-state index in [0.29, 0.717) is 6.61 Å². The van der Waals surface area contributed by atoms with Crippen LogP contribution in [0.4, 0.5) is 0 Å². The summed E-state index contributed by atoms with van der Waals surface area (Å²) in [6, 6.07) is 0. The lowest BCUT2D eigenvalue weighted by Gasteiger charge is -2.34. The Bertz CT molecular complexity index is 144. The number of nitrogens with one attached hydrogen (secondary N) is 1. The van der Waals surface area contributed by atoms with E-state index in [4.69, 9.17) is 5.11 Å². The minimum Gasteiger partial charge on any atom is -0.395 e. The molecule has 4 nitrogen and oxygen atoms in total. The Balaban J connectivity index is 1.99. The normalized spacial score (nSPS) is 19.6. The third kappa shape index (κ3) is 5.47. The maximum atomic E-state index is 8.82. The summed E-state index contributed by atoms with van der Waals surface area (Å²) >= 11 is 0. The zero-order valence-electron chi connectivity index (χ0n) is 9.91. The molecule has 0 saturated carbocycles. The summed E-state index contributed by atoms with van der Waals surface area (Å²) in [4.78, 5) is 4.85. The molecular formula is C11H25N3O. The minimum atomic E-state index is 0.292. The van der Waals surface area contributed by atoms with Crippen LogP contribution in [-0.4, -0.2) is 73.9 Å². The molecule has 1 saturated heterocycles. The summed E-state index contributed by atoms with van der Waals surface area (Å²) in [6.45, 7) is 11.2. The van der Waals surface area contributed by atoms with Gasteiger partial charge in [-0.05, 0) is 26.1 Å². The number of nitrogens with zero attached hydrogens (tertiary/aromatic N) is 2. The van der Waals surface area contributed by atoms with Gasteiger partial charge in [-0.3, -0.25) is 4.90 Å². The number of piperazine rings is 1. The summed E-state index contributed by atoms with van der Waals surface area (Å²) in [5, 5.41) is 12.2. The highest BCUT2D eigenvalue weighted by atomic mass is 16.3. The van der Waals surface area contributed by atoms with Crippen molar-refractivity contribution < 1.29 is 5.11 Å². The molecule has 1 aliphatic heterocycles. The first-order chi connectivity index (χ1) is 7.36. The average Bonchev–Trinajstić information content (AvgIpc) is 2.27. The van der Waals surface area contributed by atoms with Gasteiger partial charge < -0.3 is 15.3 Å². The number of hydrogen-bond donors (Lipinski definition) is 2.